The Kier molecular flexibility index (Phi) is 4.87. The number of halogens is 1. The molecule has 0 aromatic heterocycles. The average molecular weight is 280 g/mol. The zero-order chi connectivity index (χ0) is 13.8. The van der Waals surface area contributed by atoms with Crippen LogP contribution in [-0.4, -0.2) is 13.0 Å². The van der Waals surface area contributed by atoms with Gasteiger partial charge in [0.2, 0.25) is 5.91 Å². The van der Waals surface area contributed by atoms with Crippen molar-refractivity contribution in [3.8, 4) is 0 Å². The van der Waals surface area contributed by atoms with E-state index in [1.54, 1.807) is 4.90 Å². The van der Waals surface area contributed by atoms with Crippen molar-refractivity contribution >= 4 is 23.2 Å². The topological polar surface area (TPSA) is 20.3 Å². The van der Waals surface area contributed by atoms with Gasteiger partial charge < -0.3 is 4.90 Å². The maximum absolute atomic E-state index is 11.6. The smallest absolute Gasteiger partial charge is 0.231 e. The van der Waals surface area contributed by atoms with Crippen LogP contribution in [0.4, 0.5) is 5.69 Å². The standard InChI is InChI=1S/C16H22ClNO/c1-3-4-5-6-7-14(17)12-8-9-15-13(10-12)11-16(19)18(15)2/h8-10,14H,3-7,11H2,1-2H3. The second kappa shape index (κ2) is 6.42. The molecule has 1 heterocycles. The molecule has 0 saturated carbocycles. The van der Waals surface area contributed by atoms with Crippen molar-refractivity contribution in [2.75, 3.05) is 11.9 Å². The maximum atomic E-state index is 11.6. The summed E-state index contributed by atoms with van der Waals surface area (Å²) in [7, 11) is 1.83. The third kappa shape index (κ3) is 3.30. The van der Waals surface area contributed by atoms with Crippen LogP contribution in [0.25, 0.3) is 0 Å². The van der Waals surface area contributed by atoms with Gasteiger partial charge in [0.1, 0.15) is 0 Å². The van der Waals surface area contributed by atoms with E-state index in [0.29, 0.717) is 6.42 Å². The molecule has 1 aromatic carbocycles. The van der Waals surface area contributed by atoms with Gasteiger partial charge in [-0.2, -0.15) is 0 Å². The lowest BCUT2D eigenvalue weighted by Crippen LogP contribution is -2.20. The monoisotopic (exact) mass is 279 g/mol. The van der Waals surface area contributed by atoms with Crippen LogP contribution in [0.15, 0.2) is 18.2 Å². The molecule has 0 bridgehead atoms. The Labute approximate surface area is 120 Å². The van der Waals surface area contributed by atoms with Gasteiger partial charge in [0.25, 0.3) is 0 Å². The number of fused-ring (bicyclic) bond motifs is 1. The summed E-state index contributed by atoms with van der Waals surface area (Å²) in [4.78, 5) is 13.4. The van der Waals surface area contributed by atoms with Crippen LogP contribution >= 0.6 is 11.6 Å². The van der Waals surface area contributed by atoms with Crippen molar-refractivity contribution in [3.05, 3.63) is 29.3 Å². The first-order chi connectivity index (χ1) is 9.13. The number of rotatable bonds is 6. The molecule has 3 heteroatoms. The number of benzene rings is 1. The Morgan fingerprint density at radius 3 is 2.84 bits per heavy atom. The number of hydrogen-bond acceptors (Lipinski definition) is 1. The number of likely N-dealkylation sites (N-methyl/N-ethyl adjacent to an activating group) is 1. The zero-order valence-electron chi connectivity index (χ0n) is 11.8. The summed E-state index contributed by atoms with van der Waals surface area (Å²) in [6.45, 7) is 2.21. The van der Waals surface area contributed by atoms with Gasteiger partial charge in [-0.1, -0.05) is 44.7 Å². The number of amides is 1. The fourth-order valence-electron chi connectivity index (χ4n) is 2.60. The normalized spacial score (nSPS) is 15.7. The molecule has 1 amide bonds. The van der Waals surface area contributed by atoms with E-state index in [9.17, 15) is 4.79 Å². The molecule has 104 valence electrons. The van der Waals surface area contributed by atoms with E-state index in [2.05, 4.69) is 19.1 Å². The van der Waals surface area contributed by atoms with E-state index in [0.717, 1.165) is 23.2 Å². The summed E-state index contributed by atoms with van der Waals surface area (Å²) in [6, 6.07) is 6.19. The number of carbonyl (C=O) groups is 1. The SMILES string of the molecule is CCCCCCC(Cl)c1ccc2c(c1)CC(=O)N2C. The molecule has 1 aromatic rings. The minimum absolute atomic E-state index is 0.0724. The Morgan fingerprint density at radius 1 is 1.32 bits per heavy atom. The maximum Gasteiger partial charge on any atom is 0.231 e. The predicted molar refractivity (Wildman–Crippen MR) is 80.9 cm³/mol. The Morgan fingerprint density at radius 2 is 2.11 bits per heavy atom. The average Bonchev–Trinajstić information content (AvgIpc) is 2.69. The highest BCUT2D eigenvalue weighted by molar-refractivity contribution is 6.20. The first-order valence-electron chi connectivity index (χ1n) is 7.17. The van der Waals surface area contributed by atoms with Gasteiger partial charge >= 0.3 is 0 Å². The van der Waals surface area contributed by atoms with Crippen molar-refractivity contribution < 1.29 is 4.79 Å². The number of unbranched alkanes of at least 4 members (excludes halogenated alkanes) is 3. The summed E-state index contributed by atoms with van der Waals surface area (Å²) in [5.74, 6) is 0.168. The zero-order valence-corrected chi connectivity index (χ0v) is 12.5. The van der Waals surface area contributed by atoms with Gasteiger partial charge in [0, 0.05) is 12.7 Å². The molecule has 2 nitrogen and oxygen atoms in total. The van der Waals surface area contributed by atoms with Gasteiger partial charge in [0.15, 0.2) is 0 Å². The summed E-state index contributed by atoms with van der Waals surface area (Å²) in [5.41, 5.74) is 3.30. The van der Waals surface area contributed by atoms with E-state index >= 15 is 0 Å². The highest BCUT2D eigenvalue weighted by Gasteiger charge is 2.24. The molecule has 0 fully saturated rings. The minimum atomic E-state index is 0.0724. The quantitative estimate of drug-likeness (QED) is 0.556. The fourth-order valence-corrected chi connectivity index (χ4v) is 2.89. The second-order valence-electron chi connectivity index (χ2n) is 5.33. The highest BCUT2D eigenvalue weighted by Crippen LogP contribution is 2.33. The first kappa shape index (κ1) is 14.4. The second-order valence-corrected chi connectivity index (χ2v) is 5.86. The summed E-state index contributed by atoms with van der Waals surface area (Å²) in [6.07, 6.45) is 6.50. The van der Waals surface area contributed by atoms with Crippen molar-refractivity contribution in [1.82, 2.24) is 0 Å². The molecule has 2 rings (SSSR count). The van der Waals surface area contributed by atoms with Gasteiger partial charge in [-0.3, -0.25) is 4.79 Å². The van der Waals surface area contributed by atoms with E-state index in [1.807, 2.05) is 13.1 Å². The van der Waals surface area contributed by atoms with Crippen LogP contribution in [-0.2, 0) is 11.2 Å². The Hall–Kier alpha value is -1.02. The molecule has 19 heavy (non-hydrogen) atoms. The van der Waals surface area contributed by atoms with Crippen LogP contribution in [0.3, 0.4) is 0 Å². The van der Waals surface area contributed by atoms with E-state index in [4.69, 9.17) is 11.6 Å². The van der Waals surface area contributed by atoms with E-state index in [1.165, 1.54) is 25.7 Å². The Bertz CT molecular complexity index is 458. The molecule has 1 aliphatic rings. The third-order valence-corrected chi connectivity index (χ3v) is 4.32. The molecule has 0 saturated heterocycles. The summed E-state index contributed by atoms with van der Waals surface area (Å²) < 4.78 is 0. The molecule has 1 aliphatic heterocycles. The van der Waals surface area contributed by atoms with Crippen LogP contribution in [0, 0.1) is 0 Å². The third-order valence-electron chi connectivity index (χ3n) is 3.85. The van der Waals surface area contributed by atoms with Crippen molar-refractivity contribution in [2.45, 2.75) is 50.8 Å². The largest absolute Gasteiger partial charge is 0.315 e. The van der Waals surface area contributed by atoms with Crippen LogP contribution in [0.2, 0.25) is 0 Å². The molecule has 0 radical (unpaired) electrons. The number of carbonyl (C=O) groups excluding carboxylic acids is 1. The Balaban J connectivity index is 1.99. The number of nitrogens with zero attached hydrogens (tertiary/aromatic N) is 1. The molecule has 1 unspecified atom stereocenters. The van der Waals surface area contributed by atoms with Gasteiger partial charge in [0.05, 0.1) is 11.8 Å². The molecule has 0 aliphatic carbocycles. The predicted octanol–water partition coefficient (Wildman–Crippen LogP) is 4.46. The minimum Gasteiger partial charge on any atom is -0.315 e. The summed E-state index contributed by atoms with van der Waals surface area (Å²) in [5, 5.41) is 0.0724. The number of anilines is 1. The molecular weight excluding hydrogens is 258 g/mol. The van der Waals surface area contributed by atoms with E-state index < -0.39 is 0 Å². The van der Waals surface area contributed by atoms with Crippen molar-refractivity contribution in [3.63, 3.8) is 0 Å². The molecule has 1 atom stereocenters. The highest BCUT2D eigenvalue weighted by atomic mass is 35.5. The van der Waals surface area contributed by atoms with Gasteiger partial charge in [-0.05, 0) is 23.6 Å². The lowest BCUT2D eigenvalue weighted by atomic mass is 10.0. The fraction of sp³-hybridized carbons (Fsp3) is 0.562. The van der Waals surface area contributed by atoms with Crippen molar-refractivity contribution in [1.29, 1.82) is 0 Å². The van der Waals surface area contributed by atoms with Crippen molar-refractivity contribution in [2.24, 2.45) is 0 Å². The molecule has 0 N–H and O–H groups in total. The molecule has 0 spiro atoms. The van der Waals surface area contributed by atoms with Crippen LogP contribution in [0.1, 0.15) is 55.5 Å². The lowest BCUT2D eigenvalue weighted by molar-refractivity contribution is -0.117. The number of alkyl halides is 1. The van der Waals surface area contributed by atoms with E-state index in [-0.39, 0.29) is 11.3 Å². The van der Waals surface area contributed by atoms with Crippen LogP contribution < -0.4 is 4.90 Å². The first-order valence-corrected chi connectivity index (χ1v) is 7.60. The van der Waals surface area contributed by atoms with Gasteiger partial charge in [-0.15, -0.1) is 11.6 Å². The number of hydrogen-bond donors (Lipinski definition) is 0. The van der Waals surface area contributed by atoms with Crippen LogP contribution in [0.5, 0.6) is 0 Å². The van der Waals surface area contributed by atoms with Gasteiger partial charge in [-0.25, -0.2) is 0 Å². The lowest BCUT2D eigenvalue weighted by Gasteiger charge is -2.13. The summed E-state index contributed by atoms with van der Waals surface area (Å²) >= 11 is 6.46. The molecular formula is C16H22ClNO.